The molecule has 11 heavy (non-hydrogen) atoms. The van der Waals surface area contributed by atoms with Crippen LogP contribution in [0.15, 0.2) is 12.6 Å². The summed E-state index contributed by atoms with van der Waals surface area (Å²) in [6.07, 6.45) is 2.03. The molecule has 56 valence electrons. The predicted octanol–water partition coefficient (Wildman–Crippen LogP) is 0.238. The minimum Gasteiger partial charge on any atom is -0.514 e. The highest BCUT2D eigenvalue weighted by molar-refractivity contribution is 5.71. The van der Waals surface area contributed by atoms with Crippen LogP contribution in [0.2, 0.25) is 0 Å². The van der Waals surface area contributed by atoms with Crippen molar-refractivity contribution < 1.29 is 5.11 Å². The fourth-order valence-electron chi connectivity index (χ4n) is 0.677. The number of aromatic nitrogens is 3. The molecular formula is C6H6N4O. The third kappa shape index (κ3) is 1.19. The van der Waals surface area contributed by atoms with Gasteiger partial charge in [-0.25, -0.2) is 9.67 Å². The molecule has 5 nitrogen and oxygen atoms in total. The van der Waals surface area contributed by atoms with Crippen molar-refractivity contribution in [1.29, 1.82) is 5.26 Å². The van der Waals surface area contributed by atoms with Gasteiger partial charge in [0.05, 0.1) is 0 Å². The molecule has 1 N–H and O–H groups in total. The van der Waals surface area contributed by atoms with Gasteiger partial charge in [0, 0.05) is 7.05 Å². The Bertz CT molecular complexity index is 320. The zero-order chi connectivity index (χ0) is 8.27. The van der Waals surface area contributed by atoms with Gasteiger partial charge in [0.25, 0.3) is 0 Å². The number of nitriles is 1. The van der Waals surface area contributed by atoms with Gasteiger partial charge in [0.15, 0.2) is 5.82 Å². The number of aryl methyl sites for hydroxylation is 1. The maximum Gasteiger partial charge on any atom is 0.171 e. The van der Waals surface area contributed by atoms with Crippen molar-refractivity contribution in [3.05, 3.63) is 18.4 Å². The van der Waals surface area contributed by atoms with E-state index in [0.29, 0.717) is 12.1 Å². The van der Waals surface area contributed by atoms with Crippen molar-refractivity contribution >= 4 is 5.57 Å². The molecule has 0 atom stereocenters. The van der Waals surface area contributed by atoms with E-state index in [2.05, 4.69) is 10.1 Å². The summed E-state index contributed by atoms with van der Waals surface area (Å²) in [5, 5.41) is 20.8. The lowest BCUT2D eigenvalue weighted by atomic mass is 10.3. The quantitative estimate of drug-likeness (QED) is 0.459. The fourth-order valence-corrected chi connectivity index (χ4v) is 0.677. The van der Waals surface area contributed by atoms with Crippen LogP contribution in [0.25, 0.3) is 5.57 Å². The van der Waals surface area contributed by atoms with Crippen LogP contribution in [0.5, 0.6) is 0 Å². The SMILES string of the molecule is Cn1ncnc1/C(C#N)=C\O. The van der Waals surface area contributed by atoms with Crippen molar-refractivity contribution in [1.82, 2.24) is 14.8 Å². The van der Waals surface area contributed by atoms with Crippen LogP contribution in [0.3, 0.4) is 0 Å². The van der Waals surface area contributed by atoms with Crippen LogP contribution in [0.1, 0.15) is 5.82 Å². The second kappa shape index (κ2) is 2.84. The van der Waals surface area contributed by atoms with E-state index in [-0.39, 0.29) is 5.57 Å². The van der Waals surface area contributed by atoms with Gasteiger partial charge >= 0.3 is 0 Å². The zero-order valence-corrected chi connectivity index (χ0v) is 5.89. The average Bonchev–Trinajstić information content (AvgIpc) is 2.40. The van der Waals surface area contributed by atoms with Crippen LogP contribution in [0, 0.1) is 11.3 Å². The van der Waals surface area contributed by atoms with E-state index in [1.807, 2.05) is 0 Å². The highest BCUT2D eigenvalue weighted by atomic mass is 16.2. The summed E-state index contributed by atoms with van der Waals surface area (Å²) in [4.78, 5) is 3.76. The lowest BCUT2D eigenvalue weighted by molar-refractivity contribution is 0.475. The minimum absolute atomic E-state index is 0.102. The monoisotopic (exact) mass is 150 g/mol. The molecule has 0 unspecified atom stereocenters. The molecule has 0 fully saturated rings. The lowest BCUT2D eigenvalue weighted by Crippen LogP contribution is -1.97. The Morgan fingerprint density at radius 3 is 3.00 bits per heavy atom. The number of nitrogens with zero attached hydrogens (tertiary/aromatic N) is 4. The van der Waals surface area contributed by atoms with Crippen LogP contribution in [-0.4, -0.2) is 19.9 Å². The van der Waals surface area contributed by atoms with Crippen LogP contribution >= 0.6 is 0 Å². The Kier molecular flexibility index (Phi) is 1.88. The van der Waals surface area contributed by atoms with Gasteiger partial charge < -0.3 is 5.11 Å². The summed E-state index contributed by atoms with van der Waals surface area (Å²) in [7, 11) is 1.64. The topological polar surface area (TPSA) is 74.7 Å². The summed E-state index contributed by atoms with van der Waals surface area (Å²) in [6.45, 7) is 0. The van der Waals surface area contributed by atoms with E-state index >= 15 is 0 Å². The average molecular weight is 150 g/mol. The first kappa shape index (κ1) is 7.28. The van der Waals surface area contributed by atoms with Gasteiger partial charge in [-0.05, 0) is 0 Å². The maximum absolute atomic E-state index is 8.56. The summed E-state index contributed by atoms with van der Waals surface area (Å²) in [5.41, 5.74) is 0.102. The van der Waals surface area contributed by atoms with Crippen LogP contribution < -0.4 is 0 Å². The molecule has 5 heteroatoms. The number of aliphatic hydroxyl groups excluding tert-OH is 1. The number of hydrogen-bond donors (Lipinski definition) is 1. The molecule has 1 heterocycles. The van der Waals surface area contributed by atoms with Gasteiger partial charge in [0.2, 0.25) is 0 Å². The molecule has 1 rings (SSSR count). The van der Waals surface area contributed by atoms with Crippen molar-refractivity contribution in [2.24, 2.45) is 7.05 Å². The molecule has 1 aromatic rings. The highest BCUT2D eigenvalue weighted by Gasteiger charge is 2.05. The molecule has 0 aliphatic rings. The fraction of sp³-hybridized carbons (Fsp3) is 0.167. The van der Waals surface area contributed by atoms with E-state index in [0.717, 1.165) is 0 Å². The molecular weight excluding hydrogens is 144 g/mol. The molecule has 0 aromatic carbocycles. The second-order valence-electron chi connectivity index (χ2n) is 1.86. The minimum atomic E-state index is 0.102. The molecule has 0 saturated carbocycles. The molecule has 0 aliphatic heterocycles. The van der Waals surface area contributed by atoms with E-state index in [1.54, 1.807) is 13.1 Å². The Morgan fingerprint density at radius 1 is 1.91 bits per heavy atom. The standard InChI is InChI=1S/C6H6N4O/c1-10-6(8-4-9-10)5(2-7)3-11/h3-4,11H,1H3/b5-3-. The van der Waals surface area contributed by atoms with Crippen molar-refractivity contribution in [3.8, 4) is 6.07 Å². The molecule has 0 aliphatic carbocycles. The van der Waals surface area contributed by atoms with Crippen molar-refractivity contribution in [2.45, 2.75) is 0 Å². The number of allylic oxidation sites excluding steroid dienone is 1. The number of aliphatic hydroxyl groups is 1. The third-order valence-electron chi connectivity index (χ3n) is 1.20. The van der Waals surface area contributed by atoms with Crippen molar-refractivity contribution in [3.63, 3.8) is 0 Å². The van der Waals surface area contributed by atoms with E-state index in [9.17, 15) is 0 Å². The first-order valence-electron chi connectivity index (χ1n) is 2.88. The predicted molar refractivity (Wildman–Crippen MR) is 37.2 cm³/mol. The first-order chi connectivity index (χ1) is 5.29. The summed E-state index contributed by atoms with van der Waals surface area (Å²) in [5.74, 6) is 0.356. The largest absolute Gasteiger partial charge is 0.514 e. The normalized spacial score (nSPS) is 11.1. The van der Waals surface area contributed by atoms with Gasteiger partial charge in [-0.1, -0.05) is 0 Å². The molecule has 0 saturated heterocycles. The van der Waals surface area contributed by atoms with E-state index in [4.69, 9.17) is 10.4 Å². The smallest absolute Gasteiger partial charge is 0.171 e. The maximum atomic E-state index is 8.56. The van der Waals surface area contributed by atoms with Gasteiger partial charge in [-0.15, -0.1) is 0 Å². The van der Waals surface area contributed by atoms with Crippen LogP contribution in [-0.2, 0) is 7.05 Å². The molecule has 0 spiro atoms. The Labute approximate surface area is 63.2 Å². The van der Waals surface area contributed by atoms with Gasteiger partial charge in [-0.2, -0.15) is 10.4 Å². The highest BCUT2D eigenvalue weighted by Crippen LogP contribution is 2.06. The van der Waals surface area contributed by atoms with E-state index in [1.165, 1.54) is 11.0 Å². The second-order valence-corrected chi connectivity index (χ2v) is 1.86. The summed E-state index contributed by atoms with van der Waals surface area (Å²) >= 11 is 0. The molecule has 0 amide bonds. The summed E-state index contributed by atoms with van der Waals surface area (Å²) < 4.78 is 1.41. The summed E-state index contributed by atoms with van der Waals surface area (Å²) in [6, 6.07) is 1.78. The van der Waals surface area contributed by atoms with E-state index < -0.39 is 0 Å². The Morgan fingerprint density at radius 2 is 2.64 bits per heavy atom. The third-order valence-corrected chi connectivity index (χ3v) is 1.20. The van der Waals surface area contributed by atoms with Gasteiger partial charge in [0.1, 0.15) is 24.2 Å². The molecule has 0 radical (unpaired) electrons. The Hall–Kier alpha value is -1.83. The number of rotatable bonds is 1. The molecule has 0 bridgehead atoms. The zero-order valence-electron chi connectivity index (χ0n) is 5.89. The van der Waals surface area contributed by atoms with Crippen LogP contribution in [0.4, 0.5) is 0 Å². The first-order valence-corrected chi connectivity index (χ1v) is 2.88. The Balaban J connectivity index is 3.13. The van der Waals surface area contributed by atoms with Crippen molar-refractivity contribution in [2.75, 3.05) is 0 Å². The van der Waals surface area contributed by atoms with Gasteiger partial charge in [-0.3, -0.25) is 0 Å². The molecule has 1 aromatic heterocycles. The lowest BCUT2D eigenvalue weighted by Gasteiger charge is -1.93. The number of hydrogen-bond acceptors (Lipinski definition) is 4.